The quantitative estimate of drug-likeness (QED) is 0.727. The van der Waals surface area contributed by atoms with Gasteiger partial charge >= 0.3 is 0 Å². The third kappa shape index (κ3) is 5.84. The molecule has 0 saturated heterocycles. The van der Waals surface area contributed by atoms with Gasteiger partial charge in [-0.2, -0.15) is 5.10 Å². The first-order valence-corrected chi connectivity index (χ1v) is 6.47. The van der Waals surface area contributed by atoms with E-state index in [2.05, 4.69) is 31.2 Å². The summed E-state index contributed by atoms with van der Waals surface area (Å²) in [6, 6.07) is 0.540. The van der Waals surface area contributed by atoms with Crippen molar-refractivity contribution in [2.45, 2.75) is 52.7 Å². The van der Waals surface area contributed by atoms with Crippen molar-refractivity contribution in [3.05, 3.63) is 18.0 Å². The first kappa shape index (κ1) is 14.2. The largest absolute Gasteiger partial charge is 0.394 e. The van der Waals surface area contributed by atoms with Gasteiger partial charge in [0.2, 0.25) is 0 Å². The highest BCUT2D eigenvalue weighted by molar-refractivity contribution is 5.03. The predicted octanol–water partition coefficient (Wildman–Crippen LogP) is 1.79. The molecule has 1 atom stereocenters. The Balaban J connectivity index is 2.24. The number of aliphatic hydroxyl groups excluding tert-OH is 1. The van der Waals surface area contributed by atoms with Crippen molar-refractivity contribution in [1.82, 2.24) is 15.1 Å². The fourth-order valence-corrected chi connectivity index (χ4v) is 1.70. The Morgan fingerprint density at radius 1 is 1.35 bits per heavy atom. The Hall–Kier alpha value is -0.870. The Morgan fingerprint density at radius 2 is 2.12 bits per heavy atom. The summed E-state index contributed by atoms with van der Waals surface area (Å²) < 4.78 is 1.77. The summed E-state index contributed by atoms with van der Waals surface area (Å²) in [6.07, 6.45) is 6.32. The van der Waals surface area contributed by atoms with Gasteiger partial charge in [-0.3, -0.25) is 4.68 Å². The third-order valence-corrected chi connectivity index (χ3v) is 2.85. The van der Waals surface area contributed by atoms with Gasteiger partial charge in [0, 0.05) is 24.3 Å². The zero-order chi connectivity index (χ0) is 12.7. The van der Waals surface area contributed by atoms with Crippen LogP contribution in [0.1, 0.15) is 39.2 Å². The highest BCUT2D eigenvalue weighted by atomic mass is 16.3. The number of hydrogen-bond acceptors (Lipinski definition) is 3. The minimum absolute atomic E-state index is 0.138. The highest BCUT2D eigenvalue weighted by Gasteiger charge is 2.04. The molecule has 0 saturated carbocycles. The maximum absolute atomic E-state index is 8.79. The fraction of sp³-hybridized carbons (Fsp3) is 0.769. The van der Waals surface area contributed by atoms with Crippen molar-refractivity contribution in [2.75, 3.05) is 6.61 Å². The molecule has 0 aromatic carbocycles. The summed E-state index contributed by atoms with van der Waals surface area (Å²) in [7, 11) is 0. The molecule has 0 amide bonds. The minimum atomic E-state index is 0.138. The van der Waals surface area contributed by atoms with Crippen LogP contribution in [0, 0.1) is 5.92 Å². The first-order chi connectivity index (χ1) is 8.11. The standard InChI is InChI=1S/C13H25N3O/c1-11(2)4-5-12(3)14-8-13-9-15-16(10-13)6-7-17/h9-12,14,17H,4-8H2,1-3H3. The molecule has 1 heterocycles. The van der Waals surface area contributed by atoms with Crippen LogP contribution in [0.15, 0.2) is 12.4 Å². The van der Waals surface area contributed by atoms with Crippen LogP contribution in [0.2, 0.25) is 0 Å². The summed E-state index contributed by atoms with van der Waals surface area (Å²) in [4.78, 5) is 0. The molecule has 0 aliphatic heterocycles. The predicted molar refractivity (Wildman–Crippen MR) is 69.7 cm³/mol. The Morgan fingerprint density at radius 3 is 2.76 bits per heavy atom. The van der Waals surface area contributed by atoms with E-state index >= 15 is 0 Å². The van der Waals surface area contributed by atoms with Crippen LogP contribution in [0.3, 0.4) is 0 Å². The van der Waals surface area contributed by atoms with Crippen LogP contribution in [0.5, 0.6) is 0 Å². The van der Waals surface area contributed by atoms with E-state index in [0.29, 0.717) is 12.6 Å². The van der Waals surface area contributed by atoms with Crippen LogP contribution < -0.4 is 5.32 Å². The molecule has 1 aromatic rings. The average Bonchev–Trinajstić information content (AvgIpc) is 2.72. The SMILES string of the molecule is CC(C)CCC(C)NCc1cnn(CCO)c1. The Labute approximate surface area is 104 Å². The van der Waals surface area contributed by atoms with Crippen LogP contribution in [0.25, 0.3) is 0 Å². The Bertz CT molecular complexity index is 309. The van der Waals surface area contributed by atoms with E-state index in [0.717, 1.165) is 12.5 Å². The van der Waals surface area contributed by atoms with Gasteiger partial charge < -0.3 is 10.4 Å². The second-order valence-corrected chi connectivity index (χ2v) is 5.09. The molecule has 0 radical (unpaired) electrons. The molecule has 1 rings (SSSR count). The number of aliphatic hydroxyl groups is 1. The minimum Gasteiger partial charge on any atom is -0.394 e. The van der Waals surface area contributed by atoms with Gasteiger partial charge in [0.25, 0.3) is 0 Å². The molecule has 0 aliphatic carbocycles. The van der Waals surface area contributed by atoms with Crippen molar-refractivity contribution in [3.63, 3.8) is 0 Å². The molecule has 1 aromatic heterocycles. The topological polar surface area (TPSA) is 50.1 Å². The maximum Gasteiger partial charge on any atom is 0.0640 e. The van der Waals surface area contributed by atoms with Crippen LogP contribution in [-0.4, -0.2) is 27.5 Å². The maximum atomic E-state index is 8.79. The molecule has 0 aliphatic rings. The van der Waals surface area contributed by atoms with E-state index in [4.69, 9.17) is 5.11 Å². The number of nitrogens with zero attached hydrogens (tertiary/aromatic N) is 2. The lowest BCUT2D eigenvalue weighted by molar-refractivity contribution is 0.269. The van der Waals surface area contributed by atoms with Gasteiger partial charge in [0.15, 0.2) is 0 Å². The summed E-state index contributed by atoms with van der Waals surface area (Å²) >= 11 is 0. The zero-order valence-corrected chi connectivity index (χ0v) is 11.2. The van der Waals surface area contributed by atoms with E-state index in [-0.39, 0.29) is 6.61 Å². The van der Waals surface area contributed by atoms with Gasteiger partial charge in [0.1, 0.15) is 0 Å². The smallest absolute Gasteiger partial charge is 0.0640 e. The number of nitrogens with one attached hydrogen (secondary N) is 1. The first-order valence-electron chi connectivity index (χ1n) is 6.47. The molecular weight excluding hydrogens is 214 g/mol. The molecule has 4 nitrogen and oxygen atoms in total. The van der Waals surface area contributed by atoms with E-state index in [1.54, 1.807) is 4.68 Å². The highest BCUT2D eigenvalue weighted by Crippen LogP contribution is 2.07. The van der Waals surface area contributed by atoms with Crippen molar-refractivity contribution in [2.24, 2.45) is 5.92 Å². The average molecular weight is 239 g/mol. The molecular formula is C13H25N3O. The van der Waals surface area contributed by atoms with Gasteiger partial charge in [0.05, 0.1) is 19.3 Å². The summed E-state index contributed by atoms with van der Waals surface area (Å²) in [5.41, 5.74) is 1.18. The van der Waals surface area contributed by atoms with E-state index in [1.807, 2.05) is 12.4 Å². The third-order valence-electron chi connectivity index (χ3n) is 2.85. The molecule has 4 heteroatoms. The Kier molecular flexibility index (Phi) is 6.22. The lowest BCUT2D eigenvalue weighted by Crippen LogP contribution is -2.25. The van der Waals surface area contributed by atoms with Gasteiger partial charge in [-0.05, 0) is 25.7 Å². The van der Waals surface area contributed by atoms with E-state index in [1.165, 1.54) is 18.4 Å². The van der Waals surface area contributed by atoms with Crippen molar-refractivity contribution < 1.29 is 5.11 Å². The molecule has 0 bridgehead atoms. The van der Waals surface area contributed by atoms with Crippen molar-refractivity contribution in [3.8, 4) is 0 Å². The second-order valence-electron chi connectivity index (χ2n) is 5.09. The normalized spacial score (nSPS) is 13.2. The molecule has 0 fully saturated rings. The van der Waals surface area contributed by atoms with Crippen LogP contribution >= 0.6 is 0 Å². The summed E-state index contributed by atoms with van der Waals surface area (Å²) in [6.45, 7) is 8.30. The molecule has 1 unspecified atom stereocenters. The molecule has 2 N–H and O–H groups in total. The molecule has 98 valence electrons. The monoisotopic (exact) mass is 239 g/mol. The summed E-state index contributed by atoms with van der Waals surface area (Å²) in [5, 5.41) is 16.5. The number of rotatable bonds is 8. The second kappa shape index (κ2) is 7.45. The van der Waals surface area contributed by atoms with E-state index < -0.39 is 0 Å². The zero-order valence-electron chi connectivity index (χ0n) is 11.2. The van der Waals surface area contributed by atoms with Crippen molar-refractivity contribution in [1.29, 1.82) is 0 Å². The van der Waals surface area contributed by atoms with E-state index in [9.17, 15) is 0 Å². The van der Waals surface area contributed by atoms with Crippen molar-refractivity contribution >= 4 is 0 Å². The van der Waals surface area contributed by atoms with Crippen LogP contribution in [-0.2, 0) is 13.1 Å². The summed E-state index contributed by atoms with van der Waals surface area (Å²) in [5.74, 6) is 0.770. The molecule has 17 heavy (non-hydrogen) atoms. The lowest BCUT2D eigenvalue weighted by atomic mass is 10.0. The number of hydrogen-bond donors (Lipinski definition) is 2. The van der Waals surface area contributed by atoms with Gasteiger partial charge in [-0.15, -0.1) is 0 Å². The van der Waals surface area contributed by atoms with Gasteiger partial charge in [-0.25, -0.2) is 0 Å². The van der Waals surface area contributed by atoms with Gasteiger partial charge in [-0.1, -0.05) is 13.8 Å². The number of aromatic nitrogens is 2. The molecule has 0 spiro atoms. The van der Waals surface area contributed by atoms with Crippen LogP contribution in [0.4, 0.5) is 0 Å². The lowest BCUT2D eigenvalue weighted by Gasteiger charge is -2.14. The fourth-order valence-electron chi connectivity index (χ4n) is 1.70.